The molecule has 1 rings (SSSR count). The summed E-state index contributed by atoms with van der Waals surface area (Å²) in [5.41, 5.74) is -0.106. The third-order valence-electron chi connectivity index (χ3n) is 1.74. The summed E-state index contributed by atoms with van der Waals surface area (Å²) in [6, 6.07) is 5.54. The molecule has 0 aliphatic carbocycles. The minimum absolute atomic E-state index is 0.0734. The topological polar surface area (TPSA) is 51.2 Å². The molecule has 0 heterocycles. The van der Waals surface area contributed by atoms with Gasteiger partial charge < -0.3 is 0 Å². The summed E-state index contributed by atoms with van der Waals surface area (Å²) in [7, 11) is -3.49. The Kier molecular flexibility index (Phi) is 3.00. The Morgan fingerprint density at radius 1 is 1.36 bits per heavy atom. The highest BCUT2D eigenvalue weighted by molar-refractivity contribution is 7.90. The molecule has 14 heavy (non-hydrogen) atoms. The van der Waals surface area contributed by atoms with Crippen molar-refractivity contribution in [3.8, 4) is 0 Å². The highest BCUT2D eigenvalue weighted by atomic mass is 32.2. The summed E-state index contributed by atoms with van der Waals surface area (Å²) in [5, 5.41) is 0. The Balaban J connectivity index is 3.37. The van der Waals surface area contributed by atoms with Gasteiger partial charge >= 0.3 is 0 Å². The van der Waals surface area contributed by atoms with Gasteiger partial charge in [0.1, 0.15) is 0 Å². The molecule has 0 bridgehead atoms. The monoisotopic (exact) mass is 216 g/mol. The lowest BCUT2D eigenvalue weighted by molar-refractivity contribution is -0.112. The van der Waals surface area contributed by atoms with Gasteiger partial charge in [0.25, 0.3) is 0 Å². The second-order valence-corrected chi connectivity index (χ2v) is 4.83. The van der Waals surface area contributed by atoms with Crippen molar-refractivity contribution in [2.75, 3.05) is 6.26 Å². The summed E-state index contributed by atoms with van der Waals surface area (Å²) >= 11 is 0. The fourth-order valence-corrected chi connectivity index (χ4v) is 2.05. The van der Waals surface area contributed by atoms with Gasteiger partial charge in [0.2, 0.25) is 0 Å². The maximum atomic E-state index is 13.0. The van der Waals surface area contributed by atoms with Crippen molar-refractivity contribution < 1.29 is 17.6 Å². The molecule has 0 aliphatic heterocycles. The molecule has 0 fully saturated rings. The van der Waals surface area contributed by atoms with E-state index in [4.69, 9.17) is 0 Å². The van der Waals surface area contributed by atoms with E-state index >= 15 is 0 Å². The second-order valence-electron chi connectivity index (χ2n) is 2.85. The van der Waals surface area contributed by atoms with Crippen molar-refractivity contribution in [3.63, 3.8) is 0 Å². The number of rotatable bonds is 3. The number of hydrogen-bond donors (Lipinski definition) is 0. The van der Waals surface area contributed by atoms with Crippen LogP contribution in [-0.2, 0) is 14.6 Å². The molecule has 0 amide bonds. The van der Waals surface area contributed by atoms with Crippen LogP contribution in [-0.4, -0.2) is 21.0 Å². The average Bonchev–Trinajstić information content (AvgIpc) is 2.15. The van der Waals surface area contributed by atoms with Gasteiger partial charge in [-0.05, 0) is 6.07 Å². The summed E-state index contributed by atoms with van der Waals surface area (Å²) in [6.07, 6.45) is -0.839. The van der Waals surface area contributed by atoms with E-state index in [2.05, 4.69) is 0 Å². The van der Waals surface area contributed by atoms with Gasteiger partial charge in [-0.3, -0.25) is 4.79 Å². The lowest BCUT2D eigenvalue weighted by Crippen LogP contribution is -2.04. The first-order valence-electron chi connectivity index (χ1n) is 3.85. The molecule has 1 unspecified atom stereocenters. The summed E-state index contributed by atoms with van der Waals surface area (Å²) in [6.45, 7) is 0. The summed E-state index contributed by atoms with van der Waals surface area (Å²) in [4.78, 5) is 10.1. The van der Waals surface area contributed by atoms with Crippen LogP contribution < -0.4 is 0 Å². The molecule has 1 aromatic rings. The van der Waals surface area contributed by atoms with E-state index in [9.17, 15) is 17.6 Å². The van der Waals surface area contributed by atoms with Crippen molar-refractivity contribution in [1.29, 1.82) is 0 Å². The van der Waals surface area contributed by atoms with Gasteiger partial charge in [-0.15, -0.1) is 0 Å². The number of sulfone groups is 1. The van der Waals surface area contributed by atoms with Crippen LogP contribution in [0.2, 0.25) is 0 Å². The van der Waals surface area contributed by atoms with E-state index in [0.717, 1.165) is 6.26 Å². The lowest BCUT2D eigenvalue weighted by Gasteiger charge is -2.06. The smallest absolute Gasteiger partial charge is 0.181 e. The molecule has 3 nitrogen and oxygen atoms in total. The van der Waals surface area contributed by atoms with Gasteiger partial charge in [-0.2, -0.15) is 0 Å². The molecule has 0 aromatic heterocycles. The molecule has 0 radical (unpaired) electrons. The van der Waals surface area contributed by atoms with E-state index in [1.807, 2.05) is 0 Å². The fourth-order valence-electron chi connectivity index (χ4n) is 1.12. The van der Waals surface area contributed by atoms with Gasteiger partial charge in [0.05, 0.1) is 4.90 Å². The zero-order valence-corrected chi connectivity index (χ0v) is 8.29. The summed E-state index contributed by atoms with van der Waals surface area (Å²) < 4.78 is 35.4. The molecule has 0 saturated carbocycles. The molecule has 76 valence electrons. The molecule has 0 spiro atoms. The molecule has 0 aliphatic rings. The number of alkyl halides is 1. The molecule has 0 saturated heterocycles. The number of hydrogen-bond acceptors (Lipinski definition) is 3. The number of carbonyl (C=O) groups is 1. The minimum atomic E-state index is -3.49. The van der Waals surface area contributed by atoms with E-state index < -0.39 is 16.0 Å². The van der Waals surface area contributed by atoms with E-state index in [0.29, 0.717) is 0 Å². The van der Waals surface area contributed by atoms with Crippen LogP contribution in [0.15, 0.2) is 29.2 Å². The van der Waals surface area contributed by atoms with E-state index in [-0.39, 0.29) is 16.7 Å². The molecular weight excluding hydrogens is 207 g/mol. The predicted octanol–water partition coefficient (Wildman–Crippen LogP) is 1.30. The maximum absolute atomic E-state index is 13.0. The number of halogens is 1. The highest BCUT2D eigenvalue weighted by Crippen LogP contribution is 2.23. The standard InChI is InChI=1S/C9H9FO3S/c1-14(12,13)9-5-3-2-4-7(9)8(10)6-11/h2-6,8H,1H3. The lowest BCUT2D eigenvalue weighted by atomic mass is 10.1. The number of benzene rings is 1. The molecule has 0 N–H and O–H groups in total. The second kappa shape index (κ2) is 3.88. The van der Waals surface area contributed by atoms with Gasteiger partial charge in [-0.1, -0.05) is 18.2 Å². The predicted molar refractivity (Wildman–Crippen MR) is 49.5 cm³/mol. The Hall–Kier alpha value is -1.23. The molecular formula is C9H9FO3S. The quantitative estimate of drug-likeness (QED) is 0.715. The Bertz CT molecular complexity index is 439. The van der Waals surface area contributed by atoms with Crippen LogP contribution in [0.3, 0.4) is 0 Å². The molecule has 1 atom stereocenters. The van der Waals surface area contributed by atoms with Crippen LogP contribution in [0.1, 0.15) is 11.7 Å². The molecule has 5 heteroatoms. The minimum Gasteiger partial charge on any atom is -0.300 e. The zero-order valence-electron chi connectivity index (χ0n) is 7.48. The van der Waals surface area contributed by atoms with Crippen molar-refractivity contribution in [3.05, 3.63) is 29.8 Å². The maximum Gasteiger partial charge on any atom is 0.181 e. The van der Waals surface area contributed by atoms with Crippen LogP contribution in [0.4, 0.5) is 4.39 Å². The first-order chi connectivity index (χ1) is 6.46. The van der Waals surface area contributed by atoms with Crippen molar-refractivity contribution >= 4 is 16.1 Å². The van der Waals surface area contributed by atoms with Crippen LogP contribution >= 0.6 is 0 Å². The first-order valence-corrected chi connectivity index (χ1v) is 5.74. The normalized spacial score (nSPS) is 13.6. The van der Waals surface area contributed by atoms with Gasteiger partial charge in [0.15, 0.2) is 22.3 Å². The Morgan fingerprint density at radius 3 is 2.43 bits per heavy atom. The fraction of sp³-hybridized carbons (Fsp3) is 0.222. The van der Waals surface area contributed by atoms with Crippen LogP contribution in [0.5, 0.6) is 0 Å². The average molecular weight is 216 g/mol. The largest absolute Gasteiger partial charge is 0.300 e. The number of aldehydes is 1. The highest BCUT2D eigenvalue weighted by Gasteiger charge is 2.18. The number of carbonyl (C=O) groups excluding carboxylic acids is 1. The van der Waals surface area contributed by atoms with Gasteiger partial charge in [0, 0.05) is 11.8 Å². The van der Waals surface area contributed by atoms with E-state index in [1.165, 1.54) is 24.3 Å². The van der Waals surface area contributed by atoms with Crippen molar-refractivity contribution in [1.82, 2.24) is 0 Å². The van der Waals surface area contributed by atoms with Crippen molar-refractivity contribution in [2.45, 2.75) is 11.1 Å². The SMILES string of the molecule is CS(=O)(=O)c1ccccc1C(F)C=O. The first kappa shape index (κ1) is 10.8. The Labute approximate surface area is 81.5 Å². The third kappa shape index (κ3) is 2.17. The Morgan fingerprint density at radius 2 is 1.93 bits per heavy atom. The third-order valence-corrected chi connectivity index (χ3v) is 2.91. The van der Waals surface area contributed by atoms with Crippen molar-refractivity contribution in [2.24, 2.45) is 0 Å². The zero-order chi connectivity index (χ0) is 10.8. The van der Waals surface area contributed by atoms with Crippen LogP contribution in [0.25, 0.3) is 0 Å². The van der Waals surface area contributed by atoms with E-state index in [1.54, 1.807) is 0 Å². The van der Waals surface area contributed by atoms with Crippen LogP contribution in [0, 0.1) is 0 Å². The van der Waals surface area contributed by atoms with Gasteiger partial charge in [-0.25, -0.2) is 12.8 Å². The summed E-state index contributed by atoms with van der Waals surface area (Å²) in [5.74, 6) is 0. The molecule has 1 aromatic carbocycles.